The van der Waals surface area contributed by atoms with Crippen molar-refractivity contribution in [3.05, 3.63) is 18.2 Å². The topological polar surface area (TPSA) is 97.4 Å². The Morgan fingerprint density at radius 2 is 1.82 bits per heavy atom. The third-order valence-corrected chi connectivity index (χ3v) is 5.32. The van der Waals surface area contributed by atoms with Gasteiger partial charge in [-0.15, -0.1) is 0 Å². The summed E-state index contributed by atoms with van der Waals surface area (Å²) in [5.74, 6) is 0.0770. The second-order valence-corrected chi connectivity index (χ2v) is 7.69. The summed E-state index contributed by atoms with van der Waals surface area (Å²) in [6, 6.07) is 5.02. The molecule has 12 heteroatoms. The molecule has 0 spiro atoms. The molecule has 1 saturated heterocycles. The summed E-state index contributed by atoms with van der Waals surface area (Å²) in [5.41, 5.74) is 0.512. The Labute approximate surface area is 188 Å². The number of carbonyl (C=O) groups is 3. The predicted octanol–water partition coefficient (Wildman–Crippen LogP) is 2.66. The Morgan fingerprint density at radius 1 is 1.15 bits per heavy atom. The molecule has 0 atom stereocenters. The first kappa shape index (κ1) is 24.5. The number of carbonyl (C=O) groups excluding carboxylic acids is 3. The number of alkyl halides is 3. The number of anilines is 1. The molecule has 3 rings (SSSR count). The van der Waals surface area contributed by atoms with Crippen LogP contribution in [-0.4, -0.2) is 79.9 Å². The van der Waals surface area contributed by atoms with Crippen LogP contribution in [0.1, 0.15) is 19.8 Å². The summed E-state index contributed by atoms with van der Waals surface area (Å²) in [7, 11) is 0. The van der Waals surface area contributed by atoms with Gasteiger partial charge in [-0.05, 0) is 31.9 Å². The SMILES string of the molecule is CCN(CC(=O)Nc1ccc2c(c1)OCCO2)C(=O)C1CCN(C(=O)OCC(F)(F)F)CC1. The molecule has 2 heterocycles. The second kappa shape index (κ2) is 10.6. The van der Waals surface area contributed by atoms with Crippen LogP contribution < -0.4 is 14.8 Å². The van der Waals surface area contributed by atoms with E-state index in [1.807, 2.05) is 0 Å². The van der Waals surface area contributed by atoms with Gasteiger partial charge in [-0.1, -0.05) is 0 Å². The van der Waals surface area contributed by atoms with Crippen LogP contribution in [0.2, 0.25) is 0 Å². The molecule has 0 bridgehead atoms. The summed E-state index contributed by atoms with van der Waals surface area (Å²) in [6.45, 7) is 1.34. The highest BCUT2D eigenvalue weighted by atomic mass is 19.4. The van der Waals surface area contributed by atoms with Crippen LogP contribution in [0.25, 0.3) is 0 Å². The lowest BCUT2D eigenvalue weighted by Crippen LogP contribution is -2.46. The van der Waals surface area contributed by atoms with Crippen molar-refractivity contribution in [3.63, 3.8) is 0 Å². The number of likely N-dealkylation sites (tertiary alicyclic amines) is 1. The Morgan fingerprint density at radius 3 is 2.45 bits per heavy atom. The summed E-state index contributed by atoms with van der Waals surface area (Å²) in [6.07, 6.45) is -5.09. The number of halogens is 3. The zero-order valence-electron chi connectivity index (χ0n) is 18.2. The van der Waals surface area contributed by atoms with E-state index in [0.717, 1.165) is 4.90 Å². The van der Waals surface area contributed by atoms with Crippen molar-refractivity contribution in [1.82, 2.24) is 9.80 Å². The normalized spacial score (nSPS) is 16.2. The fourth-order valence-corrected chi connectivity index (χ4v) is 3.64. The summed E-state index contributed by atoms with van der Waals surface area (Å²) >= 11 is 0. The monoisotopic (exact) mass is 473 g/mol. The third-order valence-electron chi connectivity index (χ3n) is 5.32. The van der Waals surface area contributed by atoms with Gasteiger partial charge in [-0.2, -0.15) is 13.2 Å². The van der Waals surface area contributed by atoms with Crippen molar-refractivity contribution in [3.8, 4) is 11.5 Å². The van der Waals surface area contributed by atoms with E-state index in [0.29, 0.717) is 36.9 Å². The van der Waals surface area contributed by atoms with Gasteiger partial charge in [0.05, 0.1) is 6.54 Å². The van der Waals surface area contributed by atoms with Gasteiger partial charge >= 0.3 is 12.3 Å². The van der Waals surface area contributed by atoms with E-state index < -0.39 is 24.8 Å². The minimum atomic E-state index is -4.59. The number of benzene rings is 1. The van der Waals surface area contributed by atoms with Crippen molar-refractivity contribution in [2.75, 3.05) is 51.3 Å². The van der Waals surface area contributed by atoms with Crippen LogP contribution in [0.15, 0.2) is 18.2 Å². The lowest BCUT2D eigenvalue weighted by Gasteiger charge is -2.33. The van der Waals surface area contributed by atoms with Crippen molar-refractivity contribution in [2.45, 2.75) is 25.9 Å². The fraction of sp³-hybridized carbons (Fsp3) is 0.571. The second-order valence-electron chi connectivity index (χ2n) is 7.69. The first-order valence-corrected chi connectivity index (χ1v) is 10.6. The standard InChI is InChI=1S/C21H26F3N3O6/c1-2-26(12-18(28)25-15-3-4-16-17(11-15)32-10-9-31-16)19(29)14-5-7-27(8-6-14)20(30)33-13-21(22,23)24/h3-4,11,14H,2,5-10,12-13H2,1H3,(H,25,28). The van der Waals surface area contributed by atoms with E-state index in [1.54, 1.807) is 25.1 Å². The summed E-state index contributed by atoms with van der Waals surface area (Å²) in [4.78, 5) is 39.7. The zero-order valence-corrected chi connectivity index (χ0v) is 18.2. The highest BCUT2D eigenvalue weighted by Crippen LogP contribution is 2.32. The number of nitrogens with zero attached hydrogens (tertiary/aromatic N) is 2. The summed E-state index contributed by atoms with van der Waals surface area (Å²) in [5, 5.41) is 2.73. The van der Waals surface area contributed by atoms with Crippen LogP contribution in [0.3, 0.4) is 0 Å². The number of rotatable bonds is 6. The largest absolute Gasteiger partial charge is 0.486 e. The molecule has 0 aromatic heterocycles. The first-order chi connectivity index (χ1) is 15.7. The van der Waals surface area contributed by atoms with E-state index in [-0.39, 0.29) is 44.3 Å². The van der Waals surface area contributed by atoms with Gasteiger partial charge in [0, 0.05) is 37.3 Å². The van der Waals surface area contributed by atoms with Crippen molar-refractivity contribution in [1.29, 1.82) is 0 Å². The van der Waals surface area contributed by atoms with Crippen molar-refractivity contribution < 1.29 is 41.8 Å². The molecule has 1 fully saturated rings. The number of amides is 3. The molecule has 1 N–H and O–H groups in total. The lowest BCUT2D eigenvalue weighted by atomic mass is 9.95. The molecule has 2 aliphatic rings. The quantitative estimate of drug-likeness (QED) is 0.683. The molecule has 33 heavy (non-hydrogen) atoms. The maximum Gasteiger partial charge on any atom is 0.422 e. The van der Waals surface area contributed by atoms with Gasteiger partial charge in [0.2, 0.25) is 11.8 Å². The molecule has 3 amide bonds. The highest BCUT2D eigenvalue weighted by molar-refractivity contribution is 5.95. The van der Waals surface area contributed by atoms with E-state index in [1.165, 1.54) is 4.90 Å². The van der Waals surface area contributed by atoms with Gasteiger partial charge in [-0.25, -0.2) is 4.79 Å². The number of fused-ring (bicyclic) bond motifs is 1. The van der Waals surface area contributed by atoms with E-state index >= 15 is 0 Å². The molecular formula is C21H26F3N3O6. The van der Waals surface area contributed by atoms with Gasteiger partial charge < -0.3 is 29.3 Å². The lowest BCUT2D eigenvalue weighted by molar-refractivity contribution is -0.162. The predicted molar refractivity (Wildman–Crippen MR) is 110 cm³/mol. The number of likely N-dealkylation sites (N-methyl/N-ethyl adjacent to an activating group) is 1. The number of piperidine rings is 1. The summed E-state index contributed by atoms with van der Waals surface area (Å²) < 4.78 is 51.8. The van der Waals surface area contributed by atoms with E-state index in [2.05, 4.69) is 10.1 Å². The molecule has 0 aliphatic carbocycles. The fourth-order valence-electron chi connectivity index (χ4n) is 3.64. The molecular weight excluding hydrogens is 447 g/mol. The van der Waals surface area contributed by atoms with E-state index in [9.17, 15) is 27.6 Å². The molecule has 1 aromatic carbocycles. The number of hydrogen-bond acceptors (Lipinski definition) is 6. The number of ether oxygens (including phenoxy) is 3. The Kier molecular flexibility index (Phi) is 7.88. The van der Waals surface area contributed by atoms with Crippen LogP contribution in [-0.2, 0) is 14.3 Å². The Hall–Kier alpha value is -3.18. The van der Waals surface area contributed by atoms with Crippen molar-refractivity contribution >= 4 is 23.6 Å². The highest BCUT2D eigenvalue weighted by Gasteiger charge is 2.34. The molecule has 1 aromatic rings. The first-order valence-electron chi connectivity index (χ1n) is 10.6. The Balaban J connectivity index is 1.48. The van der Waals surface area contributed by atoms with Gasteiger partial charge in [0.25, 0.3) is 0 Å². The molecule has 9 nitrogen and oxygen atoms in total. The number of nitrogens with one attached hydrogen (secondary N) is 1. The Bertz CT molecular complexity index is 871. The van der Waals surface area contributed by atoms with Gasteiger partial charge in [-0.3, -0.25) is 9.59 Å². The third kappa shape index (κ3) is 6.90. The maximum atomic E-state index is 12.9. The minimum Gasteiger partial charge on any atom is -0.486 e. The number of hydrogen-bond donors (Lipinski definition) is 1. The maximum absolute atomic E-state index is 12.9. The minimum absolute atomic E-state index is 0.105. The average Bonchev–Trinajstić information content (AvgIpc) is 2.80. The van der Waals surface area contributed by atoms with Gasteiger partial charge in [0.1, 0.15) is 13.2 Å². The molecule has 0 saturated carbocycles. The van der Waals surface area contributed by atoms with E-state index in [4.69, 9.17) is 9.47 Å². The smallest absolute Gasteiger partial charge is 0.422 e. The zero-order chi connectivity index (χ0) is 24.0. The molecule has 2 aliphatic heterocycles. The molecule has 182 valence electrons. The van der Waals surface area contributed by atoms with Crippen LogP contribution in [0.4, 0.5) is 23.7 Å². The van der Waals surface area contributed by atoms with Gasteiger partial charge in [0.15, 0.2) is 18.1 Å². The van der Waals surface area contributed by atoms with Crippen molar-refractivity contribution in [2.24, 2.45) is 5.92 Å². The van der Waals surface area contributed by atoms with Crippen LogP contribution in [0.5, 0.6) is 11.5 Å². The molecule has 0 radical (unpaired) electrons. The average molecular weight is 473 g/mol. The molecule has 0 unspecified atom stereocenters. The van der Waals surface area contributed by atoms with Crippen LogP contribution >= 0.6 is 0 Å². The van der Waals surface area contributed by atoms with Crippen LogP contribution in [0, 0.1) is 5.92 Å².